The van der Waals surface area contributed by atoms with Crippen molar-refractivity contribution in [2.45, 2.75) is 12.5 Å². The zero-order valence-corrected chi connectivity index (χ0v) is 10.3. The Labute approximate surface area is 110 Å². The summed E-state index contributed by atoms with van der Waals surface area (Å²) in [6.07, 6.45) is 0.423. The number of furan rings is 1. The molecule has 1 heterocycles. The van der Waals surface area contributed by atoms with E-state index >= 15 is 0 Å². The Kier molecular flexibility index (Phi) is 3.05. The Morgan fingerprint density at radius 3 is 2.58 bits per heavy atom. The zero-order chi connectivity index (χ0) is 13.2. The molecule has 0 bridgehead atoms. The van der Waals surface area contributed by atoms with Crippen LogP contribution >= 0.6 is 0 Å². The Bertz CT molecular complexity index is 672. The number of fused-ring (bicyclic) bond motifs is 1. The maximum absolute atomic E-state index is 13.6. The number of para-hydroxylation sites is 1. The van der Waals surface area contributed by atoms with E-state index in [-0.39, 0.29) is 11.9 Å². The molecule has 0 radical (unpaired) electrons. The van der Waals surface area contributed by atoms with Crippen LogP contribution in [0.1, 0.15) is 17.4 Å². The van der Waals surface area contributed by atoms with Crippen molar-refractivity contribution in [2.24, 2.45) is 5.73 Å². The molecule has 0 amide bonds. The zero-order valence-electron chi connectivity index (χ0n) is 10.3. The molecule has 1 aromatic heterocycles. The lowest BCUT2D eigenvalue weighted by atomic mass is 10.0. The Hall–Kier alpha value is -2.13. The largest absolute Gasteiger partial charge is 0.459 e. The van der Waals surface area contributed by atoms with Gasteiger partial charge < -0.3 is 10.2 Å². The summed E-state index contributed by atoms with van der Waals surface area (Å²) >= 11 is 0. The van der Waals surface area contributed by atoms with E-state index in [2.05, 4.69) is 0 Å². The Morgan fingerprint density at radius 2 is 1.79 bits per heavy atom. The Morgan fingerprint density at radius 1 is 1.05 bits per heavy atom. The van der Waals surface area contributed by atoms with Crippen LogP contribution in [0.3, 0.4) is 0 Å². The van der Waals surface area contributed by atoms with Crippen molar-refractivity contribution in [2.75, 3.05) is 0 Å². The highest BCUT2D eigenvalue weighted by Crippen LogP contribution is 2.25. The lowest BCUT2D eigenvalue weighted by Gasteiger charge is -2.09. The molecule has 2 nitrogen and oxygen atoms in total. The summed E-state index contributed by atoms with van der Waals surface area (Å²) in [5, 5.41) is 1.02. The van der Waals surface area contributed by atoms with E-state index in [4.69, 9.17) is 10.2 Å². The van der Waals surface area contributed by atoms with Crippen molar-refractivity contribution in [1.29, 1.82) is 0 Å². The lowest BCUT2D eigenvalue weighted by molar-refractivity contribution is 0.487. The van der Waals surface area contributed by atoms with Crippen molar-refractivity contribution in [3.8, 4) is 0 Å². The summed E-state index contributed by atoms with van der Waals surface area (Å²) < 4.78 is 19.3. The van der Waals surface area contributed by atoms with E-state index in [0.717, 1.165) is 11.0 Å². The minimum absolute atomic E-state index is 0.228. The minimum Gasteiger partial charge on any atom is -0.459 e. The van der Waals surface area contributed by atoms with Crippen LogP contribution in [-0.2, 0) is 6.42 Å². The van der Waals surface area contributed by atoms with Gasteiger partial charge in [0.15, 0.2) is 0 Å². The van der Waals surface area contributed by atoms with Gasteiger partial charge in [0.05, 0.1) is 6.04 Å². The van der Waals surface area contributed by atoms with Gasteiger partial charge in [-0.05, 0) is 30.2 Å². The molecule has 1 atom stereocenters. The van der Waals surface area contributed by atoms with Gasteiger partial charge in [-0.15, -0.1) is 0 Å². The van der Waals surface area contributed by atoms with Gasteiger partial charge in [0.25, 0.3) is 0 Å². The highest BCUT2D eigenvalue weighted by atomic mass is 19.1. The van der Waals surface area contributed by atoms with Crippen molar-refractivity contribution in [3.63, 3.8) is 0 Å². The van der Waals surface area contributed by atoms with Gasteiger partial charge in [-0.1, -0.05) is 36.4 Å². The summed E-state index contributed by atoms with van der Waals surface area (Å²) in [4.78, 5) is 0. The molecular formula is C16H14FNO. The predicted molar refractivity (Wildman–Crippen MR) is 73.2 cm³/mol. The number of nitrogens with two attached hydrogens (primary N) is 1. The molecule has 0 spiro atoms. The van der Waals surface area contributed by atoms with Crippen LogP contribution in [0.15, 0.2) is 59.0 Å². The summed E-state index contributed by atoms with van der Waals surface area (Å²) in [5.74, 6) is 0.457. The summed E-state index contributed by atoms with van der Waals surface area (Å²) in [6, 6.07) is 16.0. The van der Waals surface area contributed by atoms with Gasteiger partial charge in [0.2, 0.25) is 0 Å². The van der Waals surface area contributed by atoms with E-state index in [0.29, 0.717) is 17.7 Å². The third kappa shape index (κ3) is 2.37. The van der Waals surface area contributed by atoms with Crippen molar-refractivity contribution in [3.05, 3.63) is 71.7 Å². The highest BCUT2D eigenvalue weighted by Gasteiger charge is 2.14. The quantitative estimate of drug-likeness (QED) is 0.772. The third-order valence-electron chi connectivity index (χ3n) is 3.21. The number of hydrogen-bond acceptors (Lipinski definition) is 2. The predicted octanol–water partition coefficient (Wildman–Crippen LogP) is 3.81. The molecule has 0 aliphatic carbocycles. The number of benzene rings is 2. The number of hydrogen-bond donors (Lipinski definition) is 1. The molecule has 0 saturated carbocycles. The van der Waals surface area contributed by atoms with Gasteiger partial charge in [0.1, 0.15) is 17.2 Å². The highest BCUT2D eigenvalue weighted by molar-refractivity contribution is 5.77. The first kappa shape index (κ1) is 11.9. The molecule has 2 aromatic carbocycles. The Balaban J connectivity index is 1.87. The molecule has 0 saturated heterocycles. The van der Waals surface area contributed by atoms with Crippen LogP contribution in [0.2, 0.25) is 0 Å². The van der Waals surface area contributed by atoms with Crippen LogP contribution in [0, 0.1) is 5.82 Å². The lowest BCUT2D eigenvalue weighted by Crippen LogP contribution is -2.13. The van der Waals surface area contributed by atoms with Gasteiger partial charge >= 0.3 is 0 Å². The van der Waals surface area contributed by atoms with Gasteiger partial charge in [-0.3, -0.25) is 0 Å². The first-order valence-corrected chi connectivity index (χ1v) is 6.21. The normalized spacial score (nSPS) is 12.7. The maximum Gasteiger partial charge on any atom is 0.134 e. The molecule has 3 heteroatoms. The summed E-state index contributed by atoms with van der Waals surface area (Å²) in [6.45, 7) is 0. The SMILES string of the molecule is NC(Cc1ccccc1F)c1cc2ccccc2o1. The van der Waals surface area contributed by atoms with Gasteiger partial charge in [0, 0.05) is 5.39 Å². The monoisotopic (exact) mass is 255 g/mol. The molecule has 19 heavy (non-hydrogen) atoms. The molecule has 2 N–H and O–H groups in total. The fourth-order valence-corrected chi connectivity index (χ4v) is 2.19. The molecule has 0 aliphatic heterocycles. The van der Waals surface area contributed by atoms with E-state index in [1.54, 1.807) is 12.1 Å². The van der Waals surface area contributed by atoms with Crippen molar-refractivity contribution >= 4 is 11.0 Å². The third-order valence-corrected chi connectivity index (χ3v) is 3.21. The van der Waals surface area contributed by atoms with Crippen molar-refractivity contribution in [1.82, 2.24) is 0 Å². The first-order valence-electron chi connectivity index (χ1n) is 6.21. The summed E-state index contributed by atoms with van der Waals surface area (Å²) in [7, 11) is 0. The smallest absolute Gasteiger partial charge is 0.134 e. The molecule has 3 rings (SSSR count). The van der Waals surface area contributed by atoms with Crippen LogP contribution in [-0.4, -0.2) is 0 Å². The standard InChI is InChI=1S/C16H14FNO/c17-13-7-3-1-5-11(13)9-14(18)16-10-12-6-2-4-8-15(12)19-16/h1-8,10,14H,9,18H2. The van der Waals surface area contributed by atoms with Crippen LogP contribution in [0.5, 0.6) is 0 Å². The van der Waals surface area contributed by atoms with E-state index < -0.39 is 0 Å². The van der Waals surface area contributed by atoms with Crippen LogP contribution in [0.4, 0.5) is 4.39 Å². The molecule has 0 aliphatic rings. The minimum atomic E-state index is -0.343. The molecular weight excluding hydrogens is 241 g/mol. The van der Waals surface area contributed by atoms with Gasteiger partial charge in [-0.25, -0.2) is 4.39 Å². The average molecular weight is 255 g/mol. The maximum atomic E-state index is 13.6. The number of halogens is 1. The van der Waals surface area contributed by atoms with E-state index in [9.17, 15) is 4.39 Å². The van der Waals surface area contributed by atoms with Crippen LogP contribution in [0.25, 0.3) is 11.0 Å². The molecule has 0 fully saturated rings. The fraction of sp³-hybridized carbons (Fsp3) is 0.125. The van der Waals surface area contributed by atoms with E-state index in [1.807, 2.05) is 36.4 Å². The summed E-state index contributed by atoms with van der Waals surface area (Å²) in [5.41, 5.74) is 7.51. The van der Waals surface area contributed by atoms with E-state index in [1.165, 1.54) is 6.07 Å². The molecule has 96 valence electrons. The topological polar surface area (TPSA) is 39.2 Å². The average Bonchev–Trinajstić information content (AvgIpc) is 2.85. The van der Waals surface area contributed by atoms with Crippen molar-refractivity contribution < 1.29 is 8.81 Å². The van der Waals surface area contributed by atoms with Gasteiger partial charge in [-0.2, -0.15) is 0 Å². The molecule has 1 unspecified atom stereocenters. The fourth-order valence-electron chi connectivity index (χ4n) is 2.19. The second-order valence-corrected chi connectivity index (χ2v) is 4.59. The molecule has 3 aromatic rings. The van der Waals surface area contributed by atoms with Crippen LogP contribution < -0.4 is 5.73 Å². The first-order chi connectivity index (χ1) is 9.24. The second kappa shape index (κ2) is 4.86. The number of rotatable bonds is 3. The second-order valence-electron chi connectivity index (χ2n) is 4.59.